The zero-order valence-corrected chi connectivity index (χ0v) is 82.7. The lowest BCUT2D eigenvalue weighted by atomic mass is 10.1. The molecule has 0 aliphatic carbocycles. The molecule has 770 valence electrons. The Labute approximate surface area is 854 Å². The summed E-state index contributed by atoms with van der Waals surface area (Å²) in [5.74, 6) is 4.83. The number of guanidine groups is 1. The third kappa shape index (κ3) is 29.1. The Morgan fingerprint density at radius 1 is 0.469 bits per heavy atom. The summed E-state index contributed by atoms with van der Waals surface area (Å²) in [7, 11) is 0. The molecule has 15 aromatic rings. The number of hydrogen-bond acceptors (Lipinski definition) is 38. The van der Waals surface area contributed by atoms with Crippen molar-refractivity contribution in [1.29, 1.82) is 0 Å². The van der Waals surface area contributed by atoms with Gasteiger partial charge in [-0.15, -0.1) is 46.4 Å². The van der Waals surface area contributed by atoms with Crippen molar-refractivity contribution in [3.05, 3.63) is 232 Å². The number of benzene rings is 9. The monoisotopic (exact) mass is 2100 g/mol. The summed E-state index contributed by atoms with van der Waals surface area (Å²) in [4.78, 5) is 128. The third-order valence-electron chi connectivity index (χ3n) is 21.1. The lowest BCUT2D eigenvalue weighted by Crippen LogP contribution is -2.27. The van der Waals surface area contributed by atoms with E-state index in [1.54, 1.807) is 18.2 Å². The molecule has 147 heavy (non-hydrogen) atoms. The molecule has 14 N–H and O–H groups in total. The number of aliphatic imine (C=N–C) groups is 1. The molecule has 1 unspecified atom stereocenters. The van der Waals surface area contributed by atoms with E-state index in [4.69, 9.17) is 141 Å². The van der Waals surface area contributed by atoms with E-state index in [0.29, 0.717) is 182 Å². The van der Waals surface area contributed by atoms with Crippen LogP contribution in [0.3, 0.4) is 0 Å². The van der Waals surface area contributed by atoms with Gasteiger partial charge in [-0.2, -0.15) is 4.99 Å². The van der Waals surface area contributed by atoms with Crippen molar-refractivity contribution in [2.75, 3.05) is 132 Å². The number of hydrogen-bond donors (Lipinski definition) is 11. The number of aliphatic hydroxyl groups is 1. The van der Waals surface area contributed by atoms with Crippen molar-refractivity contribution < 1.29 is 106 Å². The number of ether oxygens (including phenoxy) is 11. The number of fused-ring (bicyclic) bond motifs is 12. The molecule has 46 nitrogen and oxygen atoms in total. The van der Waals surface area contributed by atoms with Crippen LogP contribution in [-0.4, -0.2) is 241 Å². The summed E-state index contributed by atoms with van der Waals surface area (Å²) in [6, 6.07) is 38.5. The van der Waals surface area contributed by atoms with Gasteiger partial charge in [-0.25, -0.2) is 73.8 Å². The quantitative estimate of drug-likeness (QED) is 0.00599. The van der Waals surface area contributed by atoms with E-state index in [9.17, 15) is 49.3 Å². The largest absolute Gasteiger partial charge is 0.508 e. The normalized spacial score (nSPS) is 12.8. The summed E-state index contributed by atoms with van der Waals surface area (Å²) in [6.07, 6.45) is 0.613. The van der Waals surface area contributed by atoms with Crippen molar-refractivity contribution in [2.24, 2.45) is 16.5 Å². The van der Waals surface area contributed by atoms with Gasteiger partial charge in [0.1, 0.15) is 135 Å². The number of carboxylic acid groups (broad SMARTS) is 3. The van der Waals surface area contributed by atoms with E-state index in [1.807, 2.05) is 121 Å². The predicted octanol–water partition coefficient (Wildman–Crippen LogP) is 14.7. The van der Waals surface area contributed by atoms with Crippen LogP contribution in [0.25, 0.3) is 65.4 Å². The average Bonchev–Trinajstić information content (AvgIpc) is 1.06. The first-order valence-corrected chi connectivity index (χ1v) is 47.1. The van der Waals surface area contributed by atoms with Gasteiger partial charge in [0.05, 0.1) is 95.4 Å². The number of H-pyrrole nitrogens is 1. The van der Waals surface area contributed by atoms with E-state index >= 15 is 0 Å². The number of nitrogens with two attached hydrogens (primary N) is 3. The molecule has 9 aromatic carbocycles. The number of anilines is 5. The van der Waals surface area contributed by atoms with Crippen LogP contribution < -0.4 is 91.3 Å². The number of alkyl halides is 4. The number of aliphatic hydroxyl groups excluding tert-OH is 1. The highest BCUT2D eigenvalue weighted by Crippen LogP contribution is 2.42. The fourth-order valence-corrected chi connectivity index (χ4v) is 14.8. The highest BCUT2D eigenvalue weighted by Gasteiger charge is 2.27. The number of nitrogens with one attached hydrogen (secondary N) is 3. The van der Waals surface area contributed by atoms with Gasteiger partial charge in [0, 0.05) is 76.5 Å². The molecule has 50 heteroatoms. The summed E-state index contributed by atoms with van der Waals surface area (Å²) in [5, 5.41) is 76.5. The van der Waals surface area contributed by atoms with Gasteiger partial charge in [-0.1, -0.05) is 13.8 Å². The van der Waals surface area contributed by atoms with Crippen molar-refractivity contribution in [1.82, 2.24) is 59.7 Å². The maximum atomic E-state index is 11.4. The number of aromatic amines is 1. The molecule has 0 spiro atoms. The second kappa shape index (κ2) is 51.9. The highest BCUT2D eigenvalue weighted by atomic mass is 35.5. The van der Waals surface area contributed by atoms with Crippen molar-refractivity contribution in [2.45, 2.75) is 61.0 Å². The number of aromatic nitrogens is 11. The van der Waals surface area contributed by atoms with Crippen LogP contribution in [0.1, 0.15) is 79.8 Å². The predicted molar refractivity (Wildman–Crippen MR) is 548 cm³/mol. The highest BCUT2D eigenvalue weighted by molar-refractivity contribution is 6.18. The lowest BCUT2D eigenvalue weighted by Gasteiger charge is -2.20. The number of halogens is 4. The number of nitro benzene ring substituents is 2. The van der Waals surface area contributed by atoms with Crippen LogP contribution in [0.4, 0.5) is 46.8 Å². The van der Waals surface area contributed by atoms with E-state index < -0.39 is 61.6 Å². The molecule has 0 saturated carbocycles. The number of carboxylic acids is 3. The maximum Gasteiger partial charge on any atom is 0.419 e. The Kier molecular flexibility index (Phi) is 38.5. The summed E-state index contributed by atoms with van der Waals surface area (Å²) < 4.78 is 65.6. The van der Waals surface area contributed by atoms with Gasteiger partial charge in [-0.3, -0.25) is 40.7 Å². The Balaban J connectivity index is 0.000000158. The minimum Gasteiger partial charge on any atom is -0.508 e. The van der Waals surface area contributed by atoms with Gasteiger partial charge in [0.15, 0.2) is 40.5 Å². The zero-order valence-electron chi connectivity index (χ0n) is 79.7. The van der Waals surface area contributed by atoms with E-state index in [-0.39, 0.29) is 58.6 Å². The number of phenolic OH excluding ortho intramolecular Hbond substituents is 1. The minimum absolute atomic E-state index is 0.0390. The van der Waals surface area contributed by atoms with Crippen LogP contribution in [0.2, 0.25) is 0 Å². The second-order valence-corrected chi connectivity index (χ2v) is 32.6. The number of carbonyl (C=O) groups is 3. The van der Waals surface area contributed by atoms with Gasteiger partial charge in [0.25, 0.3) is 17.3 Å². The van der Waals surface area contributed by atoms with Gasteiger partial charge in [-0.05, 0) is 162 Å². The molecule has 19 rings (SSSR count). The number of aromatic carboxylic acids is 3. The number of nitrogens with zero attached hydrogens (tertiary/aromatic N) is 14. The molecule has 1 atom stereocenters. The third-order valence-corrected chi connectivity index (χ3v) is 21.7. The molecule has 0 amide bonds. The Hall–Kier alpha value is -16.8. The number of rotatable bonds is 26. The standard InChI is InChI=1S/C26H28N6O4.C22H20ClN5O3.C12H13N5O2.C10H8ClNO4.C9H8ClNO5.C9H10ClNO3.C7H5NO5.C2H6/c1-15-19-4-6-22-24(36-12-11-35-22)23(19)30-26(27-15)31-25-28-16(2)20-13-18(3-5-21(20)29-25)34-10-9-32-8-7-17(33)14-32;1-12-15-4-6-18-20(31-10-9-30-18)19(15)27-22(24-12)28-21-25-13(2)16-11-14(29-8-7-23)3-5-17(16)26-21;1-6-7-2-3-8-10(19-5-4-18-8)9(7)16-12(15-6)17-11(13)14;11-3-4-15-6-1-2-8-7(5-6)9(13)16-10(14)12-8;10-3-4-16-6-1-2-8(11(14)15)7(5-6)9(12)13;10-3-4-14-6-1-2-8(11)7(5-6)9(12)13;9-4-1-2-6(8(12)13)5(3-4)7(10)11;1-2/h3-6,13,17,33H,7-12,14H2,1-2H3,(H,27,28,29,30,31);3-6,11H,7-10H2,1-2H3,(H,24,25,26,27,28);2-3H,4-5H2,1H3,(H4,13,14,15,16,17);1-2,5H,3-4H2,(H,12,14);1-2,5H,3-4H2,(H,12,13);1-2,5H,3-4,11H2,(H,12,13);1-3,9H,(H,10,11);1-2H3. The van der Waals surface area contributed by atoms with E-state index in [0.717, 1.165) is 128 Å². The van der Waals surface area contributed by atoms with Crippen LogP contribution in [0.15, 0.2) is 165 Å². The second-order valence-electron chi connectivity index (χ2n) is 31.1. The van der Waals surface area contributed by atoms with Crippen molar-refractivity contribution in [3.63, 3.8) is 0 Å². The minimum atomic E-state index is -1.44. The number of aromatic hydroxyl groups is 1. The van der Waals surface area contributed by atoms with Crippen molar-refractivity contribution in [3.8, 4) is 69.0 Å². The molecule has 6 aromatic heterocycles. The number of likely N-dealkylation sites (tertiary alicyclic amines) is 1. The number of aryl methyl sites for hydroxylation is 5. The van der Waals surface area contributed by atoms with Crippen molar-refractivity contribution >= 4 is 182 Å². The Bertz CT molecular complexity index is 7500. The molecule has 10 heterocycles. The molecule has 1 fully saturated rings. The topological polar surface area (TPSA) is 650 Å². The molecule has 0 bridgehead atoms. The number of β-amino-alcohol motifs (C(OH)–C–C–N with tert-alkyl or cyclic N) is 1. The smallest absolute Gasteiger partial charge is 0.419 e. The van der Waals surface area contributed by atoms with E-state index in [2.05, 4.69) is 74.8 Å². The fourth-order valence-electron chi connectivity index (χ4n) is 14.5. The number of nitro groups is 2. The maximum absolute atomic E-state index is 11.4. The average molecular weight is 2100 g/mol. The summed E-state index contributed by atoms with van der Waals surface area (Å²) in [5.41, 5.74) is 21.9. The first-order chi connectivity index (χ1) is 70.7. The summed E-state index contributed by atoms with van der Waals surface area (Å²) >= 11 is 22.0. The first kappa shape index (κ1) is 109. The molecular weight excluding hydrogens is 2000 g/mol. The van der Waals surface area contributed by atoms with Gasteiger partial charge < -0.3 is 99.3 Å². The van der Waals surface area contributed by atoms with Gasteiger partial charge in [0.2, 0.25) is 23.8 Å². The molecule has 1 saturated heterocycles. The lowest BCUT2D eigenvalue weighted by molar-refractivity contribution is -0.385. The SMILES string of the molecule is CC.Cc1nc(N=C(N)N)nc2c3c(ccc12)OCCO3.Cc1nc(Nc2nc(C)c3ccc4c(c3n2)OCCO4)nc2ccc(OCCCl)cc12.Cc1nc(Nc2nc(C)c3ccc4c(c3n2)OCCO4)nc2ccc(OCCN3CCC(O)C3)cc12.Nc1ccc(OCCCl)cc1C(=O)O.O=C(O)c1cc(O)ccc1[N+](=O)[O-].O=C(O)c1cc(OCCCl)ccc1[N+](=O)[O-].O=c1[nH]c2ccc(OCCCl)cc2c(=O)o1. The molecule has 4 aliphatic rings. The van der Waals surface area contributed by atoms with Crippen LogP contribution in [0, 0.1) is 54.8 Å². The van der Waals surface area contributed by atoms with Crippen LogP contribution in [0.5, 0.6) is 69.0 Å². The van der Waals surface area contributed by atoms with E-state index in [1.165, 1.54) is 24.3 Å². The zero-order chi connectivity index (χ0) is 106. The number of nitrogen functional groups attached to an aromatic ring is 1. The van der Waals surface area contributed by atoms with Gasteiger partial charge >= 0.3 is 29.3 Å². The van der Waals surface area contributed by atoms with Crippen LogP contribution in [-0.2, 0) is 0 Å². The molecular formula is C97H98Cl4N20O26. The number of phenols is 1. The van der Waals surface area contributed by atoms with Crippen LogP contribution >= 0.6 is 46.4 Å². The summed E-state index contributed by atoms with van der Waals surface area (Å²) in [6.45, 7) is 21.0. The fraction of sp³-hybridized carbons (Fsp3) is 0.278. The molecule has 0 radical (unpaired) electrons. The first-order valence-electron chi connectivity index (χ1n) is 45.0. The molecule has 4 aliphatic heterocycles. The Morgan fingerprint density at radius 2 is 0.844 bits per heavy atom. The Morgan fingerprint density at radius 3 is 1.27 bits per heavy atom.